The molecule has 2 saturated heterocycles. The number of piperidine rings is 1. The van der Waals surface area contributed by atoms with Gasteiger partial charge in [-0.2, -0.15) is 0 Å². The van der Waals surface area contributed by atoms with Crippen LogP contribution >= 0.6 is 0 Å². The molecule has 0 spiro atoms. The number of methoxy groups -OCH3 is 2. The van der Waals surface area contributed by atoms with E-state index in [2.05, 4.69) is 4.90 Å². The molecule has 0 atom stereocenters. The third-order valence-corrected chi connectivity index (χ3v) is 5.45. The van der Waals surface area contributed by atoms with Gasteiger partial charge in [-0.05, 0) is 49.7 Å². The number of nitrogens with two attached hydrogens (primary N) is 1. The van der Waals surface area contributed by atoms with Gasteiger partial charge in [-0.15, -0.1) is 0 Å². The Labute approximate surface area is 159 Å². The normalized spacial score (nSPS) is 19.1. The number of nitrogens with zero attached hydrogens (tertiary/aromatic N) is 2. The minimum atomic E-state index is -0.194. The Morgan fingerprint density at radius 3 is 2.37 bits per heavy atom. The van der Waals surface area contributed by atoms with E-state index in [-0.39, 0.29) is 17.7 Å². The van der Waals surface area contributed by atoms with E-state index in [1.54, 1.807) is 26.4 Å². The maximum absolute atomic E-state index is 12.3. The lowest BCUT2D eigenvalue weighted by molar-refractivity contribution is -0.133. The Morgan fingerprint density at radius 1 is 1.11 bits per heavy atom. The number of rotatable bonds is 6. The largest absolute Gasteiger partial charge is 0.493 e. The first-order valence-corrected chi connectivity index (χ1v) is 9.24. The smallest absolute Gasteiger partial charge is 0.246 e. The highest BCUT2D eigenvalue weighted by molar-refractivity contribution is 5.92. The summed E-state index contributed by atoms with van der Waals surface area (Å²) in [6, 6.07) is 5.92. The average Bonchev–Trinajstić information content (AvgIpc) is 2.65. The highest BCUT2D eigenvalue weighted by Crippen LogP contribution is 2.28. The van der Waals surface area contributed by atoms with Gasteiger partial charge in [0, 0.05) is 31.1 Å². The number of carbonyl (C=O) groups excluding carboxylic acids is 2. The molecule has 0 aromatic heterocycles. The molecule has 7 nitrogen and oxygen atoms in total. The highest BCUT2D eigenvalue weighted by Gasteiger charge is 2.36. The summed E-state index contributed by atoms with van der Waals surface area (Å²) >= 11 is 0. The molecule has 2 aliphatic rings. The number of primary amides is 1. The van der Waals surface area contributed by atoms with Gasteiger partial charge in [0.2, 0.25) is 11.8 Å². The molecule has 27 heavy (non-hydrogen) atoms. The summed E-state index contributed by atoms with van der Waals surface area (Å²) in [6.07, 6.45) is 5.02. The Kier molecular flexibility index (Phi) is 6.01. The third-order valence-electron chi connectivity index (χ3n) is 5.45. The van der Waals surface area contributed by atoms with Gasteiger partial charge in [0.25, 0.3) is 0 Å². The van der Waals surface area contributed by atoms with Crippen molar-refractivity contribution in [2.75, 3.05) is 40.4 Å². The van der Waals surface area contributed by atoms with Gasteiger partial charge in [0.15, 0.2) is 11.5 Å². The van der Waals surface area contributed by atoms with Gasteiger partial charge in [-0.1, -0.05) is 6.07 Å². The second-order valence-electron chi connectivity index (χ2n) is 7.06. The zero-order valence-electron chi connectivity index (χ0n) is 15.9. The van der Waals surface area contributed by atoms with Crippen molar-refractivity contribution in [2.24, 2.45) is 11.7 Å². The van der Waals surface area contributed by atoms with Gasteiger partial charge in [0.05, 0.1) is 14.2 Å². The fraction of sp³-hybridized carbons (Fsp3) is 0.500. The second-order valence-corrected chi connectivity index (χ2v) is 7.06. The minimum Gasteiger partial charge on any atom is -0.493 e. The first-order chi connectivity index (χ1) is 13.0. The Balaban J connectivity index is 1.48. The summed E-state index contributed by atoms with van der Waals surface area (Å²) in [4.78, 5) is 27.8. The molecule has 3 rings (SSSR count). The quantitative estimate of drug-likeness (QED) is 0.756. The van der Waals surface area contributed by atoms with E-state index in [0.717, 1.165) is 44.6 Å². The summed E-state index contributed by atoms with van der Waals surface area (Å²) < 4.78 is 10.5. The zero-order chi connectivity index (χ0) is 19.4. The predicted molar refractivity (Wildman–Crippen MR) is 102 cm³/mol. The monoisotopic (exact) mass is 373 g/mol. The molecule has 2 N–H and O–H groups in total. The molecule has 146 valence electrons. The van der Waals surface area contributed by atoms with Crippen LogP contribution in [0.25, 0.3) is 6.08 Å². The standard InChI is InChI=1S/C20H27N3O4/c1-26-17-5-3-14(11-18(17)27-2)4-6-19(24)23-12-16(13-23)22-9-7-15(8-10-22)20(21)25/h3-6,11,15-16H,7-10,12-13H2,1-2H3,(H2,21,25). The molecule has 2 fully saturated rings. The number of amides is 2. The van der Waals surface area contributed by atoms with Crippen LogP contribution in [0.1, 0.15) is 18.4 Å². The SMILES string of the molecule is COc1ccc(C=CC(=O)N2CC(N3CCC(C(N)=O)CC3)C2)cc1OC. The van der Waals surface area contributed by atoms with E-state index in [0.29, 0.717) is 17.5 Å². The molecule has 1 aromatic rings. The molecule has 2 amide bonds. The molecular weight excluding hydrogens is 346 g/mol. The maximum atomic E-state index is 12.3. The Morgan fingerprint density at radius 2 is 1.78 bits per heavy atom. The molecule has 0 bridgehead atoms. The summed E-state index contributed by atoms with van der Waals surface area (Å²) in [5.74, 6) is 1.11. The fourth-order valence-electron chi connectivity index (χ4n) is 3.64. The van der Waals surface area contributed by atoms with Crippen molar-refractivity contribution in [3.63, 3.8) is 0 Å². The van der Waals surface area contributed by atoms with Gasteiger partial charge < -0.3 is 20.1 Å². The van der Waals surface area contributed by atoms with Crippen LogP contribution in [-0.2, 0) is 9.59 Å². The average molecular weight is 373 g/mol. The molecule has 7 heteroatoms. The second kappa shape index (κ2) is 8.43. The van der Waals surface area contributed by atoms with E-state index < -0.39 is 0 Å². The highest BCUT2D eigenvalue weighted by atomic mass is 16.5. The van der Waals surface area contributed by atoms with E-state index in [4.69, 9.17) is 15.2 Å². The summed E-state index contributed by atoms with van der Waals surface area (Å²) in [6.45, 7) is 3.22. The van der Waals surface area contributed by atoms with Crippen LogP contribution in [0.4, 0.5) is 0 Å². The number of ether oxygens (including phenoxy) is 2. The Bertz CT molecular complexity index is 720. The van der Waals surface area contributed by atoms with Crippen LogP contribution in [0.3, 0.4) is 0 Å². The minimum absolute atomic E-state index is 0.00322. The van der Waals surface area contributed by atoms with Crippen LogP contribution in [0.5, 0.6) is 11.5 Å². The molecule has 1 aromatic carbocycles. The van der Waals surface area contributed by atoms with Crippen LogP contribution in [-0.4, -0.2) is 68.1 Å². The van der Waals surface area contributed by atoms with E-state index in [1.807, 2.05) is 23.1 Å². The predicted octanol–water partition coefficient (Wildman–Crippen LogP) is 1.13. The number of likely N-dealkylation sites (tertiary alicyclic amines) is 2. The molecule has 0 aliphatic carbocycles. The molecule has 2 heterocycles. The summed E-state index contributed by atoms with van der Waals surface area (Å²) in [5.41, 5.74) is 6.26. The number of hydrogen-bond donors (Lipinski definition) is 1. The van der Waals surface area contributed by atoms with Crippen molar-refractivity contribution in [1.29, 1.82) is 0 Å². The van der Waals surface area contributed by atoms with E-state index >= 15 is 0 Å². The van der Waals surface area contributed by atoms with Crippen molar-refractivity contribution in [3.8, 4) is 11.5 Å². The lowest BCUT2D eigenvalue weighted by Gasteiger charge is -2.47. The van der Waals surface area contributed by atoms with Crippen LogP contribution in [0.2, 0.25) is 0 Å². The third kappa shape index (κ3) is 4.42. The molecule has 0 radical (unpaired) electrons. The summed E-state index contributed by atoms with van der Waals surface area (Å²) in [5, 5.41) is 0. The molecule has 2 aliphatic heterocycles. The van der Waals surface area contributed by atoms with Crippen molar-refractivity contribution in [3.05, 3.63) is 29.8 Å². The van der Waals surface area contributed by atoms with Gasteiger partial charge in [-0.3, -0.25) is 14.5 Å². The lowest BCUT2D eigenvalue weighted by Crippen LogP contribution is -2.62. The van der Waals surface area contributed by atoms with Crippen molar-refractivity contribution >= 4 is 17.9 Å². The number of carbonyl (C=O) groups is 2. The first kappa shape index (κ1) is 19.2. The van der Waals surface area contributed by atoms with Gasteiger partial charge >= 0.3 is 0 Å². The maximum Gasteiger partial charge on any atom is 0.246 e. The van der Waals surface area contributed by atoms with Crippen molar-refractivity contribution in [1.82, 2.24) is 9.80 Å². The van der Waals surface area contributed by atoms with Gasteiger partial charge in [-0.25, -0.2) is 0 Å². The summed E-state index contributed by atoms with van der Waals surface area (Å²) in [7, 11) is 3.18. The van der Waals surface area contributed by atoms with Crippen molar-refractivity contribution in [2.45, 2.75) is 18.9 Å². The molecule has 0 unspecified atom stereocenters. The number of hydrogen-bond acceptors (Lipinski definition) is 5. The van der Waals surface area contributed by atoms with Crippen LogP contribution < -0.4 is 15.2 Å². The number of benzene rings is 1. The molecule has 0 saturated carbocycles. The molecular formula is C20H27N3O4. The van der Waals surface area contributed by atoms with Crippen LogP contribution in [0.15, 0.2) is 24.3 Å². The Hall–Kier alpha value is -2.54. The van der Waals surface area contributed by atoms with Crippen LogP contribution in [0, 0.1) is 5.92 Å². The first-order valence-electron chi connectivity index (χ1n) is 9.24. The van der Waals surface area contributed by atoms with E-state index in [1.165, 1.54) is 0 Å². The topological polar surface area (TPSA) is 85.1 Å². The van der Waals surface area contributed by atoms with Crippen molar-refractivity contribution < 1.29 is 19.1 Å². The fourth-order valence-corrected chi connectivity index (χ4v) is 3.64. The lowest BCUT2D eigenvalue weighted by atomic mass is 9.94. The van der Waals surface area contributed by atoms with E-state index in [9.17, 15) is 9.59 Å². The van der Waals surface area contributed by atoms with Gasteiger partial charge in [0.1, 0.15) is 0 Å². The zero-order valence-corrected chi connectivity index (χ0v) is 15.9.